The maximum Gasteiger partial charge on any atom is 0.154 e. The average molecular weight is 269 g/mol. The van der Waals surface area contributed by atoms with Gasteiger partial charge in [-0.2, -0.15) is 0 Å². The summed E-state index contributed by atoms with van der Waals surface area (Å²) in [4.78, 5) is 0. The number of nitrogen functional groups attached to an aromatic ring is 2. The van der Waals surface area contributed by atoms with Crippen molar-refractivity contribution in [2.45, 2.75) is 0 Å². The van der Waals surface area contributed by atoms with E-state index in [1.165, 1.54) is 0 Å². The molecule has 4 N–H and O–H groups in total. The predicted octanol–water partition coefficient (Wildman–Crippen LogP) is 3.95. The van der Waals surface area contributed by atoms with Crippen molar-refractivity contribution < 1.29 is 4.74 Å². The Kier molecular flexibility index (Phi) is 3.31. The third-order valence-electron chi connectivity index (χ3n) is 2.23. The van der Waals surface area contributed by atoms with E-state index < -0.39 is 0 Å². The molecule has 0 radical (unpaired) electrons. The lowest BCUT2D eigenvalue weighted by Gasteiger charge is -2.12. The molecular formula is C12H10Cl2N2O. The van der Waals surface area contributed by atoms with E-state index in [0.717, 1.165) is 0 Å². The van der Waals surface area contributed by atoms with Crippen LogP contribution in [0.15, 0.2) is 36.4 Å². The van der Waals surface area contributed by atoms with E-state index in [1.54, 1.807) is 18.2 Å². The van der Waals surface area contributed by atoms with Gasteiger partial charge in [0.05, 0.1) is 21.4 Å². The van der Waals surface area contributed by atoms with Crippen LogP contribution in [-0.4, -0.2) is 0 Å². The Morgan fingerprint density at radius 1 is 0.941 bits per heavy atom. The van der Waals surface area contributed by atoms with Crippen LogP contribution in [0.2, 0.25) is 10.0 Å². The van der Waals surface area contributed by atoms with Crippen molar-refractivity contribution in [1.29, 1.82) is 0 Å². The number of benzene rings is 2. The van der Waals surface area contributed by atoms with Gasteiger partial charge in [-0.1, -0.05) is 41.4 Å². The highest BCUT2D eigenvalue weighted by atomic mass is 35.5. The molecule has 0 heterocycles. The molecule has 0 fully saturated rings. The molecule has 0 aliphatic heterocycles. The molecule has 0 saturated heterocycles. The number of halogens is 2. The summed E-state index contributed by atoms with van der Waals surface area (Å²) >= 11 is 11.8. The van der Waals surface area contributed by atoms with Crippen LogP contribution in [0, 0.1) is 0 Å². The molecule has 5 heteroatoms. The summed E-state index contributed by atoms with van der Waals surface area (Å²) in [7, 11) is 0. The molecule has 3 nitrogen and oxygen atoms in total. The largest absolute Gasteiger partial charge is 0.455 e. The first-order valence-corrected chi connectivity index (χ1v) is 5.61. The highest BCUT2D eigenvalue weighted by Crippen LogP contribution is 2.40. The molecule has 2 aromatic rings. The van der Waals surface area contributed by atoms with Gasteiger partial charge in [0.1, 0.15) is 5.75 Å². The van der Waals surface area contributed by atoms with Gasteiger partial charge in [-0.25, -0.2) is 0 Å². The minimum atomic E-state index is 0.227. The van der Waals surface area contributed by atoms with Crippen molar-refractivity contribution in [2.24, 2.45) is 0 Å². The molecule has 0 amide bonds. The van der Waals surface area contributed by atoms with E-state index in [2.05, 4.69) is 0 Å². The van der Waals surface area contributed by atoms with Gasteiger partial charge >= 0.3 is 0 Å². The number of nitrogens with two attached hydrogens (primary N) is 2. The SMILES string of the molecule is Nc1c(Oc2ccccc2)cc(Cl)c(Cl)c1N. The molecule has 0 aliphatic rings. The van der Waals surface area contributed by atoms with E-state index in [0.29, 0.717) is 16.5 Å². The van der Waals surface area contributed by atoms with Crippen LogP contribution in [0.5, 0.6) is 11.5 Å². The van der Waals surface area contributed by atoms with Crippen LogP contribution >= 0.6 is 23.2 Å². The van der Waals surface area contributed by atoms with Crippen molar-refractivity contribution in [2.75, 3.05) is 11.5 Å². The van der Waals surface area contributed by atoms with Crippen molar-refractivity contribution >= 4 is 34.6 Å². The molecule has 0 atom stereocenters. The average Bonchev–Trinajstić information content (AvgIpc) is 2.35. The first-order valence-electron chi connectivity index (χ1n) is 4.85. The Bertz CT molecular complexity index is 544. The number of anilines is 2. The molecule has 2 aromatic carbocycles. The smallest absolute Gasteiger partial charge is 0.154 e. The zero-order valence-corrected chi connectivity index (χ0v) is 10.3. The van der Waals surface area contributed by atoms with Crippen LogP contribution in [0.1, 0.15) is 0 Å². The number of rotatable bonds is 2. The predicted molar refractivity (Wildman–Crippen MR) is 71.8 cm³/mol. The Balaban J connectivity index is 2.41. The highest BCUT2D eigenvalue weighted by molar-refractivity contribution is 6.44. The van der Waals surface area contributed by atoms with Crippen LogP contribution in [0.25, 0.3) is 0 Å². The Hall–Kier alpha value is -1.58. The molecule has 0 bridgehead atoms. The van der Waals surface area contributed by atoms with Gasteiger partial charge in [-0.3, -0.25) is 0 Å². The molecule has 0 aromatic heterocycles. The summed E-state index contributed by atoms with van der Waals surface area (Å²) in [6.07, 6.45) is 0. The summed E-state index contributed by atoms with van der Waals surface area (Å²) < 4.78 is 5.58. The summed E-state index contributed by atoms with van der Waals surface area (Å²) in [5.41, 5.74) is 12.0. The Labute approximate surface area is 109 Å². The molecule has 17 heavy (non-hydrogen) atoms. The van der Waals surface area contributed by atoms with E-state index >= 15 is 0 Å². The van der Waals surface area contributed by atoms with Gasteiger partial charge in [0.15, 0.2) is 5.75 Å². The van der Waals surface area contributed by atoms with E-state index in [9.17, 15) is 0 Å². The van der Waals surface area contributed by atoms with Gasteiger partial charge in [0.25, 0.3) is 0 Å². The van der Waals surface area contributed by atoms with Gasteiger partial charge < -0.3 is 16.2 Å². The third-order valence-corrected chi connectivity index (χ3v) is 3.03. The zero-order chi connectivity index (χ0) is 12.4. The molecule has 0 saturated carbocycles. The van der Waals surface area contributed by atoms with Crippen molar-refractivity contribution in [3.63, 3.8) is 0 Å². The summed E-state index contributed by atoms with van der Waals surface area (Å²) in [6, 6.07) is 10.7. The lowest BCUT2D eigenvalue weighted by molar-refractivity contribution is 0.485. The summed E-state index contributed by atoms with van der Waals surface area (Å²) in [6.45, 7) is 0. The first kappa shape index (κ1) is 11.9. The number of ether oxygens (including phenoxy) is 1. The fourth-order valence-electron chi connectivity index (χ4n) is 1.34. The second-order valence-electron chi connectivity index (χ2n) is 3.41. The number of hydrogen-bond acceptors (Lipinski definition) is 3. The number of hydrogen-bond donors (Lipinski definition) is 2. The number of para-hydroxylation sites is 1. The summed E-state index contributed by atoms with van der Waals surface area (Å²) in [5, 5.41) is 0.550. The van der Waals surface area contributed by atoms with Crippen molar-refractivity contribution in [1.82, 2.24) is 0 Å². The fraction of sp³-hybridized carbons (Fsp3) is 0. The van der Waals surface area contributed by atoms with E-state index in [4.69, 9.17) is 39.4 Å². The third kappa shape index (κ3) is 2.40. The maximum absolute atomic E-state index is 5.91. The molecule has 0 aliphatic carbocycles. The van der Waals surface area contributed by atoms with Gasteiger partial charge in [-0.15, -0.1) is 0 Å². The second kappa shape index (κ2) is 4.73. The molecule has 88 valence electrons. The second-order valence-corrected chi connectivity index (χ2v) is 4.20. The molecular weight excluding hydrogens is 259 g/mol. The minimum absolute atomic E-state index is 0.227. The topological polar surface area (TPSA) is 61.3 Å². The Morgan fingerprint density at radius 3 is 2.24 bits per heavy atom. The van der Waals surface area contributed by atoms with Crippen molar-refractivity contribution in [3.8, 4) is 11.5 Å². The van der Waals surface area contributed by atoms with Crippen LogP contribution < -0.4 is 16.2 Å². The van der Waals surface area contributed by atoms with E-state index in [-0.39, 0.29) is 16.4 Å². The van der Waals surface area contributed by atoms with Gasteiger partial charge in [0.2, 0.25) is 0 Å². The normalized spacial score (nSPS) is 10.2. The highest BCUT2D eigenvalue weighted by Gasteiger charge is 2.12. The van der Waals surface area contributed by atoms with Crippen LogP contribution in [0.3, 0.4) is 0 Å². The quantitative estimate of drug-likeness (QED) is 0.811. The zero-order valence-electron chi connectivity index (χ0n) is 8.78. The molecule has 2 rings (SSSR count). The fourth-order valence-corrected chi connectivity index (χ4v) is 1.69. The molecule has 0 spiro atoms. The van der Waals surface area contributed by atoms with Crippen molar-refractivity contribution in [3.05, 3.63) is 46.4 Å². The lowest BCUT2D eigenvalue weighted by atomic mass is 10.2. The van der Waals surface area contributed by atoms with E-state index in [1.807, 2.05) is 18.2 Å². The minimum Gasteiger partial charge on any atom is -0.455 e. The standard InChI is InChI=1S/C12H10Cl2N2O/c13-8-6-9(11(15)12(16)10(8)14)17-7-4-2-1-3-5-7/h1-6H,15-16H2. The first-order chi connectivity index (χ1) is 8.09. The van der Waals surface area contributed by atoms with Crippen LogP contribution in [0.4, 0.5) is 11.4 Å². The van der Waals surface area contributed by atoms with Gasteiger partial charge in [-0.05, 0) is 12.1 Å². The van der Waals surface area contributed by atoms with Gasteiger partial charge in [0, 0.05) is 6.07 Å². The maximum atomic E-state index is 5.91. The monoisotopic (exact) mass is 268 g/mol. The lowest BCUT2D eigenvalue weighted by Crippen LogP contribution is -1.99. The molecule has 0 unspecified atom stereocenters. The summed E-state index contributed by atoms with van der Waals surface area (Å²) in [5.74, 6) is 1.04. The van der Waals surface area contributed by atoms with Crippen LogP contribution in [-0.2, 0) is 0 Å². The Morgan fingerprint density at radius 2 is 1.59 bits per heavy atom.